The summed E-state index contributed by atoms with van der Waals surface area (Å²) in [5.74, 6) is -0.378. The predicted octanol–water partition coefficient (Wildman–Crippen LogP) is 4.53. The highest BCUT2D eigenvalue weighted by molar-refractivity contribution is 7.90. The van der Waals surface area contributed by atoms with E-state index in [4.69, 9.17) is 5.26 Å². The van der Waals surface area contributed by atoms with Gasteiger partial charge in [-0.25, -0.2) is 12.4 Å². The molecule has 0 aliphatic heterocycles. The molecule has 0 aliphatic rings. The first kappa shape index (κ1) is 17.8. The molecule has 3 rings (SSSR count). The lowest BCUT2D eigenvalue weighted by Gasteiger charge is -2.07. The Balaban J connectivity index is 0.00000100. The van der Waals surface area contributed by atoms with Crippen molar-refractivity contribution >= 4 is 20.9 Å². The number of hydrogen-bond acceptors (Lipinski definition) is 3. The van der Waals surface area contributed by atoms with Crippen LogP contribution in [0.25, 0.3) is 10.9 Å². The lowest BCUT2D eigenvalue weighted by atomic mass is 10.0. The molecule has 1 atom stereocenters. The Bertz CT molecular complexity index is 968. The first-order chi connectivity index (χ1) is 11.6. The van der Waals surface area contributed by atoms with Gasteiger partial charge in [0.1, 0.15) is 0 Å². The van der Waals surface area contributed by atoms with Crippen LogP contribution < -0.4 is 0 Å². The van der Waals surface area contributed by atoms with Crippen LogP contribution in [-0.2, 0) is 10.0 Å². The molecule has 4 nitrogen and oxygen atoms in total. The van der Waals surface area contributed by atoms with Gasteiger partial charge in [-0.2, -0.15) is 5.26 Å². The largest absolute Gasteiger partial charge is 0.268 e. The van der Waals surface area contributed by atoms with Crippen LogP contribution in [0.15, 0.2) is 65.7 Å². The Morgan fingerprint density at radius 3 is 2.21 bits per heavy atom. The third kappa shape index (κ3) is 3.06. The van der Waals surface area contributed by atoms with Gasteiger partial charge in [0.05, 0.1) is 22.4 Å². The molecule has 0 bridgehead atoms. The second-order valence-corrected chi connectivity index (χ2v) is 6.88. The number of rotatable bonds is 3. The highest BCUT2D eigenvalue weighted by Crippen LogP contribution is 2.30. The highest BCUT2D eigenvalue weighted by atomic mass is 32.2. The molecule has 0 spiro atoms. The van der Waals surface area contributed by atoms with Crippen molar-refractivity contribution in [3.63, 3.8) is 0 Å². The molecule has 1 heterocycles. The maximum Gasteiger partial charge on any atom is 0.268 e. The van der Waals surface area contributed by atoms with Gasteiger partial charge in [0.2, 0.25) is 0 Å². The Morgan fingerprint density at radius 1 is 1.00 bits per heavy atom. The number of hydrogen-bond donors (Lipinski definition) is 0. The second kappa shape index (κ2) is 7.33. The summed E-state index contributed by atoms with van der Waals surface area (Å²) >= 11 is 0. The third-order valence-corrected chi connectivity index (χ3v) is 5.36. The van der Waals surface area contributed by atoms with Crippen LogP contribution in [0.5, 0.6) is 0 Å². The second-order valence-electron chi connectivity index (χ2n) is 5.07. The standard InChI is InChI=1S/C17H14N2O2S.C2H6/c1-13(11-18)16-12-19(17-10-6-5-9-15(16)17)22(20,21)14-7-3-2-4-8-14;1-2/h2-10,12-13H,1H3;1-2H3. The Hall–Kier alpha value is -2.58. The molecule has 3 aromatic rings. The van der Waals surface area contributed by atoms with Crippen molar-refractivity contribution < 1.29 is 8.42 Å². The Kier molecular flexibility index (Phi) is 5.42. The van der Waals surface area contributed by atoms with E-state index in [-0.39, 0.29) is 10.8 Å². The average Bonchev–Trinajstić information content (AvgIpc) is 3.04. The van der Waals surface area contributed by atoms with Gasteiger partial charge >= 0.3 is 0 Å². The molecule has 0 saturated heterocycles. The first-order valence-corrected chi connectivity index (χ1v) is 9.30. The smallest absolute Gasteiger partial charge is 0.241 e. The lowest BCUT2D eigenvalue weighted by molar-refractivity contribution is 0.589. The molecule has 0 saturated carbocycles. The van der Waals surface area contributed by atoms with Crippen LogP contribution in [0.2, 0.25) is 0 Å². The molecule has 0 aliphatic carbocycles. The normalized spacial score (nSPS) is 12.1. The topological polar surface area (TPSA) is 62.9 Å². The molecule has 24 heavy (non-hydrogen) atoms. The summed E-state index contributed by atoms with van der Waals surface area (Å²) in [6.45, 7) is 5.77. The van der Waals surface area contributed by atoms with Gasteiger partial charge in [-0.3, -0.25) is 0 Å². The molecule has 1 unspecified atom stereocenters. The van der Waals surface area contributed by atoms with E-state index >= 15 is 0 Å². The summed E-state index contributed by atoms with van der Waals surface area (Å²) in [7, 11) is -3.68. The molecular weight excluding hydrogens is 320 g/mol. The van der Waals surface area contributed by atoms with Gasteiger partial charge in [-0.1, -0.05) is 50.2 Å². The van der Waals surface area contributed by atoms with Gasteiger partial charge in [0.25, 0.3) is 10.0 Å². The van der Waals surface area contributed by atoms with E-state index in [1.54, 1.807) is 55.6 Å². The molecule has 1 aromatic heterocycles. The number of aromatic nitrogens is 1. The summed E-state index contributed by atoms with van der Waals surface area (Å²) < 4.78 is 27.0. The summed E-state index contributed by atoms with van der Waals surface area (Å²) in [5.41, 5.74) is 1.31. The number of para-hydroxylation sites is 1. The fraction of sp³-hybridized carbons (Fsp3) is 0.211. The van der Waals surface area contributed by atoms with Crippen molar-refractivity contribution in [2.45, 2.75) is 31.6 Å². The van der Waals surface area contributed by atoms with Gasteiger partial charge in [-0.15, -0.1) is 0 Å². The molecule has 0 N–H and O–H groups in total. The highest BCUT2D eigenvalue weighted by Gasteiger charge is 2.22. The zero-order valence-corrected chi connectivity index (χ0v) is 14.8. The summed E-state index contributed by atoms with van der Waals surface area (Å²) in [4.78, 5) is 0.229. The van der Waals surface area contributed by atoms with Gasteiger partial charge in [-0.05, 0) is 30.7 Å². The summed E-state index contributed by atoms with van der Waals surface area (Å²) in [6, 6.07) is 17.7. The number of nitrogens with zero attached hydrogens (tertiary/aromatic N) is 2. The quantitative estimate of drug-likeness (QED) is 0.703. The van der Waals surface area contributed by atoms with E-state index in [2.05, 4.69) is 6.07 Å². The van der Waals surface area contributed by atoms with Crippen LogP contribution >= 0.6 is 0 Å². The van der Waals surface area contributed by atoms with Crippen molar-refractivity contribution in [2.24, 2.45) is 0 Å². The minimum atomic E-state index is -3.68. The van der Waals surface area contributed by atoms with Crippen LogP contribution in [0.3, 0.4) is 0 Å². The molecule has 2 aromatic carbocycles. The van der Waals surface area contributed by atoms with Crippen molar-refractivity contribution in [3.05, 3.63) is 66.4 Å². The van der Waals surface area contributed by atoms with Crippen molar-refractivity contribution in [1.29, 1.82) is 5.26 Å². The molecule has 124 valence electrons. The Labute approximate surface area is 143 Å². The first-order valence-electron chi connectivity index (χ1n) is 7.86. The number of fused-ring (bicyclic) bond motifs is 1. The van der Waals surface area contributed by atoms with Crippen molar-refractivity contribution in [1.82, 2.24) is 3.97 Å². The lowest BCUT2D eigenvalue weighted by Crippen LogP contribution is -2.11. The van der Waals surface area contributed by atoms with Crippen molar-refractivity contribution in [3.8, 4) is 6.07 Å². The average molecular weight is 340 g/mol. The molecule has 5 heteroatoms. The minimum absolute atomic E-state index is 0.229. The zero-order valence-electron chi connectivity index (χ0n) is 14.0. The zero-order chi connectivity index (χ0) is 17.7. The van der Waals surface area contributed by atoms with Gasteiger partial charge in [0.15, 0.2) is 0 Å². The Morgan fingerprint density at radius 2 is 1.58 bits per heavy atom. The van der Waals surface area contributed by atoms with E-state index in [1.807, 2.05) is 26.0 Å². The van der Waals surface area contributed by atoms with E-state index < -0.39 is 10.0 Å². The van der Waals surface area contributed by atoms with E-state index in [0.29, 0.717) is 5.52 Å². The fourth-order valence-electron chi connectivity index (χ4n) is 2.49. The summed E-state index contributed by atoms with van der Waals surface area (Å²) in [6.07, 6.45) is 1.56. The SMILES string of the molecule is CC.CC(C#N)c1cn(S(=O)(=O)c2ccccc2)c2ccccc12. The maximum absolute atomic E-state index is 12.9. The minimum Gasteiger partial charge on any atom is -0.241 e. The van der Waals surface area contributed by atoms with Crippen LogP contribution in [0.1, 0.15) is 32.3 Å². The van der Waals surface area contributed by atoms with E-state index in [1.165, 1.54) is 3.97 Å². The predicted molar refractivity (Wildman–Crippen MR) is 96.3 cm³/mol. The van der Waals surface area contributed by atoms with Crippen LogP contribution in [0.4, 0.5) is 0 Å². The van der Waals surface area contributed by atoms with Crippen LogP contribution in [0, 0.1) is 11.3 Å². The van der Waals surface area contributed by atoms with Crippen molar-refractivity contribution in [2.75, 3.05) is 0 Å². The molecule has 0 amide bonds. The molecular formula is C19H20N2O2S. The van der Waals surface area contributed by atoms with E-state index in [9.17, 15) is 8.42 Å². The van der Waals surface area contributed by atoms with E-state index in [0.717, 1.165) is 10.9 Å². The number of nitriles is 1. The van der Waals surface area contributed by atoms with Gasteiger partial charge in [0, 0.05) is 11.6 Å². The molecule has 0 radical (unpaired) electrons. The van der Waals surface area contributed by atoms with Gasteiger partial charge < -0.3 is 0 Å². The third-order valence-electron chi connectivity index (χ3n) is 3.67. The maximum atomic E-state index is 12.9. The number of benzene rings is 2. The van der Waals surface area contributed by atoms with Crippen LogP contribution in [-0.4, -0.2) is 12.4 Å². The fourth-order valence-corrected chi connectivity index (χ4v) is 3.89. The molecule has 0 fully saturated rings. The monoisotopic (exact) mass is 340 g/mol. The summed E-state index contributed by atoms with van der Waals surface area (Å²) in [5, 5.41) is 9.96.